The molecule has 1 unspecified atom stereocenters. The van der Waals surface area contributed by atoms with E-state index in [1.54, 1.807) is 0 Å². The van der Waals surface area contributed by atoms with Gasteiger partial charge >= 0.3 is 0 Å². The number of fused-ring (bicyclic) bond motifs is 1. The lowest BCUT2D eigenvalue weighted by Gasteiger charge is -2.26. The predicted octanol–water partition coefficient (Wildman–Crippen LogP) is 3.06. The van der Waals surface area contributed by atoms with E-state index in [0.29, 0.717) is 24.3 Å². The quantitative estimate of drug-likeness (QED) is 0.875. The molecule has 0 bridgehead atoms. The van der Waals surface area contributed by atoms with Crippen molar-refractivity contribution in [3.05, 3.63) is 28.3 Å². The van der Waals surface area contributed by atoms with Gasteiger partial charge in [-0.15, -0.1) is 0 Å². The van der Waals surface area contributed by atoms with Gasteiger partial charge < -0.3 is 5.32 Å². The number of hydrogen-bond donors (Lipinski definition) is 1. The van der Waals surface area contributed by atoms with E-state index in [2.05, 4.69) is 11.4 Å². The van der Waals surface area contributed by atoms with Crippen molar-refractivity contribution in [2.75, 3.05) is 5.32 Å². The maximum absolute atomic E-state index is 11.9. The van der Waals surface area contributed by atoms with Gasteiger partial charge in [0.15, 0.2) is 0 Å². The van der Waals surface area contributed by atoms with Crippen molar-refractivity contribution in [2.24, 2.45) is 5.92 Å². The molecule has 1 aromatic rings. The fourth-order valence-electron chi connectivity index (χ4n) is 2.15. The first-order valence-corrected chi connectivity index (χ1v) is 5.97. The third-order valence-electron chi connectivity index (χ3n) is 3.14. The number of aryl methyl sites for hydroxylation is 1. The molecule has 1 aliphatic heterocycles. The van der Waals surface area contributed by atoms with E-state index < -0.39 is 0 Å². The zero-order valence-corrected chi connectivity index (χ0v) is 10.3. The van der Waals surface area contributed by atoms with Gasteiger partial charge in [-0.3, -0.25) is 4.79 Å². The number of nitriles is 1. The number of hydrogen-bond acceptors (Lipinski definition) is 2. The first-order chi connectivity index (χ1) is 8.13. The predicted molar refractivity (Wildman–Crippen MR) is 66.9 cm³/mol. The van der Waals surface area contributed by atoms with Crippen LogP contribution >= 0.6 is 11.6 Å². The van der Waals surface area contributed by atoms with Gasteiger partial charge in [0, 0.05) is 23.0 Å². The zero-order valence-electron chi connectivity index (χ0n) is 9.59. The fraction of sp³-hybridized carbons (Fsp3) is 0.385. The molecule has 0 fully saturated rings. The highest BCUT2D eigenvalue weighted by Crippen LogP contribution is 2.35. The van der Waals surface area contributed by atoms with Gasteiger partial charge in [-0.1, -0.05) is 17.7 Å². The Morgan fingerprint density at radius 3 is 3.06 bits per heavy atom. The first-order valence-electron chi connectivity index (χ1n) is 5.59. The average Bonchev–Trinajstić information content (AvgIpc) is 2.32. The van der Waals surface area contributed by atoms with Crippen molar-refractivity contribution in [1.82, 2.24) is 0 Å². The van der Waals surface area contributed by atoms with Crippen LogP contribution in [0.1, 0.15) is 24.0 Å². The van der Waals surface area contributed by atoms with Crippen molar-refractivity contribution in [2.45, 2.75) is 26.2 Å². The Morgan fingerprint density at radius 1 is 1.59 bits per heavy atom. The molecule has 88 valence electrons. The summed E-state index contributed by atoms with van der Waals surface area (Å²) in [4.78, 5) is 11.9. The second-order valence-electron chi connectivity index (χ2n) is 4.30. The molecule has 1 N–H and O–H groups in total. The Bertz CT molecular complexity index is 505. The number of rotatable bonds is 2. The first kappa shape index (κ1) is 11.9. The van der Waals surface area contributed by atoms with Gasteiger partial charge in [-0.25, -0.2) is 0 Å². The van der Waals surface area contributed by atoms with E-state index in [-0.39, 0.29) is 11.8 Å². The van der Waals surface area contributed by atoms with E-state index in [0.717, 1.165) is 16.8 Å². The molecule has 0 aromatic heterocycles. The van der Waals surface area contributed by atoms with Gasteiger partial charge in [-0.05, 0) is 37.0 Å². The number of halogens is 1. The van der Waals surface area contributed by atoms with E-state index in [1.165, 1.54) is 0 Å². The molecule has 3 nitrogen and oxygen atoms in total. The lowest BCUT2D eigenvalue weighted by Crippen LogP contribution is -2.30. The van der Waals surface area contributed by atoms with Crippen LogP contribution in [0.15, 0.2) is 12.1 Å². The number of anilines is 1. The maximum Gasteiger partial charge on any atom is 0.227 e. The monoisotopic (exact) mass is 248 g/mol. The Balaban J connectivity index is 2.31. The molecule has 0 saturated heterocycles. The lowest BCUT2D eigenvalue weighted by atomic mass is 9.88. The summed E-state index contributed by atoms with van der Waals surface area (Å²) >= 11 is 6.14. The van der Waals surface area contributed by atoms with Crippen LogP contribution < -0.4 is 5.32 Å². The summed E-state index contributed by atoms with van der Waals surface area (Å²) in [5.74, 6) is -0.139. The minimum Gasteiger partial charge on any atom is -0.325 e. The van der Waals surface area contributed by atoms with Crippen LogP contribution in [0.25, 0.3) is 0 Å². The summed E-state index contributed by atoms with van der Waals surface area (Å²) < 4.78 is 0. The summed E-state index contributed by atoms with van der Waals surface area (Å²) in [6.07, 6.45) is 1.62. The van der Waals surface area contributed by atoms with E-state index in [9.17, 15) is 4.79 Å². The molecule has 0 radical (unpaired) electrons. The Labute approximate surface area is 105 Å². The molecule has 0 spiro atoms. The molecule has 0 aliphatic carbocycles. The minimum atomic E-state index is -0.138. The Hall–Kier alpha value is -1.53. The van der Waals surface area contributed by atoms with Crippen LogP contribution in [0.4, 0.5) is 5.69 Å². The molecule has 1 amide bonds. The molecule has 2 rings (SSSR count). The Morgan fingerprint density at radius 2 is 2.35 bits per heavy atom. The molecular formula is C13H13ClN2O. The van der Waals surface area contributed by atoms with Crippen molar-refractivity contribution in [3.63, 3.8) is 0 Å². The van der Waals surface area contributed by atoms with Gasteiger partial charge in [0.1, 0.15) is 0 Å². The summed E-state index contributed by atoms with van der Waals surface area (Å²) in [7, 11) is 0. The summed E-state index contributed by atoms with van der Waals surface area (Å²) in [6.45, 7) is 1.95. The van der Waals surface area contributed by atoms with E-state index in [4.69, 9.17) is 16.9 Å². The summed E-state index contributed by atoms with van der Waals surface area (Å²) in [5, 5.41) is 12.2. The van der Waals surface area contributed by atoms with Crippen LogP contribution in [-0.4, -0.2) is 5.91 Å². The third kappa shape index (κ3) is 2.27. The number of nitrogens with zero attached hydrogens (tertiary/aromatic N) is 1. The zero-order chi connectivity index (χ0) is 12.4. The van der Waals surface area contributed by atoms with Crippen molar-refractivity contribution in [3.8, 4) is 6.07 Å². The standard InChI is InChI=1S/C13H13ClN2O/c1-8-4-5-11(14)10-7-9(3-2-6-15)13(17)16-12(8)10/h4-5,9H,2-3,7H2,1H3,(H,16,17). The molecule has 0 saturated carbocycles. The molecule has 17 heavy (non-hydrogen) atoms. The van der Waals surface area contributed by atoms with Crippen molar-refractivity contribution < 1.29 is 4.79 Å². The Kier molecular flexibility index (Phi) is 3.35. The molecular weight excluding hydrogens is 236 g/mol. The van der Waals surface area contributed by atoms with E-state index in [1.807, 2.05) is 19.1 Å². The van der Waals surface area contributed by atoms with Gasteiger partial charge in [0.25, 0.3) is 0 Å². The molecule has 1 heterocycles. The lowest BCUT2D eigenvalue weighted by molar-refractivity contribution is -0.120. The number of carbonyl (C=O) groups is 1. The van der Waals surface area contributed by atoms with Crippen LogP contribution in [0.2, 0.25) is 5.02 Å². The maximum atomic E-state index is 11.9. The highest BCUT2D eigenvalue weighted by atomic mass is 35.5. The number of carbonyl (C=O) groups excluding carboxylic acids is 1. The summed E-state index contributed by atoms with van der Waals surface area (Å²) in [6, 6.07) is 5.83. The van der Waals surface area contributed by atoms with Crippen molar-refractivity contribution in [1.29, 1.82) is 5.26 Å². The molecule has 1 aromatic carbocycles. The van der Waals surface area contributed by atoms with Crippen LogP contribution in [0, 0.1) is 24.2 Å². The number of amides is 1. The van der Waals surface area contributed by atoms with Gasteiger partial charge in [0.05, 0.1) is 6.07 Å². The highest BCUT2D eigenvalue weighted by molar-refractivity contribution is 6.32. The number of benzene rings is 1. The average molecular weight is 249 g/mol. The van der Waals surface area contributed by atoms with Crippen LogP contribution in [-0.2, 0) is 11.2 Å². The largest absolute Gasteiger partial charge is 0.325 e. The van der Waals surface area contributed by atoms with Gasteiger partial charge in [-0.2, -0.15) is 5.26 Å². The summed E-state index contributed by atoms with van der Waals surface area (Å²) in [5.41, 5.74) is 2.86. The molecule has 4 heteroatoms. The minimum absolute atomic E-state index is 0.00174. The topological polar surface area (TPSA) is 52.9 Å². The SMILES string of the molecule is Cc1ccc(Cl)c2c1NC(=O)C(CCC#N)C2. The highest BCUT2D eigenvalue weighted by Gasteiger charge is 2.28. The normalized spacial score (nSPS) is 18.2. The second-order valence-corrected chi connectivity index (χ2v) is 4.71. The van der Waals surface area contributed by atoms with Crippen LogP contribution in [0.3, 0.4) is 0 Å². The van der Waals surface area contributed by atoms with Crippen molar-refractivity contribution >= 4 is 23.2 Å². The molecule has 1 aliphatic rings. The second kappa shape index (κ2) is 4.77. The third-order valence-corrected chi connectivity index (χ3v) is 3.49. The van der Waals surface area contributed by atoms with Crippen LogP contribution in [0.5, 0.6) is 0 Å². The van der Waals surface area contributed by atoms with Gasteiger partial charge in [0.2, 0.25) is 5.91 Å². The number of nitrogens with one attached hydrogen (secondary N) is 1. The smallest absolute Gasteiger partial charge is 0.227 e. The molecule has 1 atom stereocenters. The fourth-order valence-corrected chi connectivity index (χ4v) is 2.38. The van der Waals surface area contributed by atoms with E-state index >= 15 is 0 Å².